The Bertz CT molecular complexity index is 1120. The first-order chi connectivity index (χ1) is 14.2. The quantitative estimate of drug-likeness (QED) is 0.443. The summed E-state index contributed by atoms with van der Waals surface area (Å²) >= 11 is 0. The Labute approximate surface area is 168 Å². The van der Waals surface area contributed by atoms with Crippen molar-refractivity contribution in [3.8, 4) is 5.75 Å². The van der Waals surface area contributed by atoms with Crippen LogP contribution in [0.25, 0.3) is 10.9 Å². The van der Waals surface area contributed by atoms with E-state index in [1.807, 2.05) is 48.7 Å². The molecule has 0 aliphatic rings. The van der Waals surface area contributed by atoms with Crippen molar-refractivity contribution in [3.05, 3.63) is 84.2 Å². The van der Waals surface area contributed by atoms with E-state index in [4.69, 9.17) is 4.74 Å². The molecular formula is C23H22N4O2. The van der Waals surface area contributed by atoms with Crippen molar-refractivity contribution in [1.82, 2.24) is 15.3 Å². The summed E-state index contributed by atoms with van der Waals surface area (Å²) in [4.78, 5) is 20.3. The number of aromatic amines is 1. The molecule has 3 N–H and O–H groups in total. The van der Waals surface area contributed by atoms with Crippen LogP contribution in [0.2, 0.25) is 0 Å². The van der Waals surface area contributed by atoms with Gasteiger partial charge in [0.05, 0.1) is 12.7 Å². The Balaban J connectivity index is 1.42. The predicted molar refractivity (Wildman–Crippen MR) is 115 cm³/mol. The summed E-state index contributed by atoms with van der Waals surface area (Å²) in [5.74, 6) is 1.13. The molecule has 0 unspecified atom stereocenters. The number of rotatable bonds is 7. The molecule has 0 saturated heterocycles. The molecule has 0 spiro atoms. The summed E-state index contributed by atoms with van der Waals surface area (Å²) in [7, 11) is 1.62. The minimum atomic E-state index is -0.158. The van der Waals surface area contributed by atoms with Gasteiger partial charge in [0.2, 0.25) is 0 Å². The van der Waals surface area contributed by atoms with E-state index in [0.29, 0.717) is 17.9 Å². The van der Waals surface area contributed by atoms with E-state index in [1.54, 1.807) is 25.4 Å². The molecule has 0 aliphatic heterocycles. The third kappa shape index (κ3) is 4.21. The van der Waals surface area contributed by atoms with E-state index in [9.17, 15) is 4.79 Å². The van der Waals surface area contributed by atoms with E-state index < -0.39 is 0 Å². The molecule has 0 aliphatic carbocycles. The van der Waals surface area contributed by atoms with Crippen molar-refractivity contribution in [2.75, 3.05) is 19.0 Å². The Morgan fingerprint density at radius 2 is 1.90 bits per heavy atom. The second kappa shape index (κ2) is 8.48. The zero-order valence-electron chi connectivity index (χ0n) is 16.1. The number of hydrogen-bond donors (Lipinski definition) is 3. The summed E-state index contributed by atoms with van der Waals surface area (Å²) in [5.41, 5.74) is 3.62. The highest BCUT2D eigenvalue weighted by Gasteiger charge is 2.12. The molecule has 0 fully saturated rings. The number of amides is 1. The van der Waals surface area contributed by atoms with Gasteiger partial charge in [-0.1, -0.05) is 18.2 Å². The van der Waals surface area contributed by atoms with Gasteiger partial charge in [-0.2, -0.15) is 0 Å². The maximum absolute atomic E-state index is 12.7. The van der Waals surface area contributed by atoms with Crippen LogP contribution in [0.3, 0.4) is 0 Å². The molecule has 2 aromatic heterocycles. The second-order valence-electron chi connectivity index (χ2n) is 6.62. The predicted octanol–water partition coefficient (Wildman–Crippen LogP) is 4.29. The highest BCUT2D eigenvalue weighted by molar-refractivity contribution is 5.99. The number of pyridine rings is 1. The Hall–Kier alpha value is -3.80. The van der Waals surface area contributed by atoms with Crippen molar-refractivity contribution in [2.24, 2.45) is 0 Å². The van der Waals surface area contributed by atoms with E-state index in [-0.39, 0.29) is 5.91 Å². The summed E-state index contributed by atoms with van der Waals surface area (Å²) in [6.45, 7) is 0.539. The number of hydrogen-bond acceptors (Lipinski definition) is 4. The molecule has 6 nitrogen and oxygen atoms in total. The Morgan fingerprint density at radius 3 is 2.72 bits per heavy atom. The third-order valence-electron chi connectivity index (χ3n) is 4.76. The van der Waals surface area contributed by atoms with Crippen LogP contribution >= 0.6 is 0 Å². The molecule has 6 heteroatoms. The van der Waals surface area contributed by atoms with Crippen LogP contribution in [0.4, 0.5) is 11.5 Å². The number of ether oxygens (including phenoxy) is 1. The van der Waals surface area contributed by atoms with Crippen LogP contribution in [0.5, 0.6) is 5.75 Å². The van der Waals surface area contributed by atoms with E-state index >= 15 is 0 Å². The first kappa shape index (κ1) is 18.6. The van der Waals surface area contributed by atoms with Gasteiger partial charge in [-0.3, -0.25) is 4.79 Å². The molecule has 146 valence electrons. The molecule has 4 aromatic rings. The van der Waals surface area contributed by atoms with Crippen LogP contribution in [0, 0.1) is 0 Å². The lowest BCUT2D eigenvalue weighted by atomic mass is 10.1. The number of nitrogens with zero attached hydrogens (tertiary/aromatic N) is 1. The fourth-order valence-corrected chi connectivity index (χ4v) is 3.24. The zero-order chi connectivity index (χ0) is 20.1. The number of methoxy groups -OCH3 is 1. The fraction of sp³-hybridized carbons (Fsp3) is 0.130. The van der Waals surface area contributed by atoms with Crippen molar-refractivity contribution < 1.29 is 9.53 Å². The summed E-state index contributed by atoms with van der Waals surface area (Å²) in [6, 6.07) is 19.1. The van der Waals surface area contributed by atoms with Crippen LogP contribution in [-0.4, -0.2) is 29.5 Å². The Morgan fingerprint density at radius 1 is 1.07 bits per heavy atom. The van der Waals surface area contributed by atoms with Crippen molar-refractivity contribution in [3.63, 3.8) is 0 Å². The van der Waals surface area contributed by atoms with Gasteiger partial charge in [-0.25, -0.2) is 4.98 Å². The molecule has 29 heavy (non-hydrogen) atoms. The van der Waals surface area contributed by atoms with Crippen molar-refractivity contribution >= 4 is 28.3 Å². The maximum Gasteiger partial charge on any atom is 0.255 e. The monoisotopic (exact) mass is 386 g/mol. The van der Waals surface area contributed by atoms with Gasteiger partial charge >= 0.3 is 0 Å². The van der Waals surface area contributed by atoms with Gasteiger partial charge in [0, 0.05) is 35.5 Å². The Kier molecular flexibility index (Phi) is 5.42. The van der Waals surface area contributed by atoms with Crippen LogP contribution < -0.4 is 15.4 Å². The fourth-order valence-electron chi connectivity index (χ4n) is 3.24. The molecule has 0 bridgehead atoms. The minimum absolute atomic E-state index is 0.158. The number of benzene rings is 2. The van der Waals surface area contributed by atoms with Crippen LogP contribution in [0.1, 0.15) is 15.9 Å². The first-order valence-corrected chi connectivity index (χ1v) is 9.44. The molecule has 1 amide bonds. The molecule has 4 rings (SSSR count). The first-order valence-electron chi connectivity index (χ1n) is 9.44. The molecule has 2 heterocycles. The highest BCUT2D eigenvalue weighted by Crippen LogP contribution is 2.21. The molecular weight excluding hydrogens is 364 g/mol. The molecule has 0 saturated carbocycles. The number of fused-ring (bicyclic) bond motifs is 1. The topological polar surface area (TPSA) is 79.0 Å². The molecule has 2 aromatic carbocycles. The number of H-pyrrole nitrogens is 1. The van der Waals surface area contributed by atoms with Gasteiger partial charge in [0.25, 0.3) is 5.91 Å². The number of anilines is 2. The molecule has 0 atom stereocenters. The largest absolute Gasteiger partial charge is 0.497 e. The van der Waals surface area contributed by atoms with Crippen molar-refractivity contribution in [2.45, 2.75) is 6.42 Å². The van der Waals surface area contributed by atoms with Gasteiger partial charge < -0.3 is 20.4 Å². The smallest absolute Gasteiger partial charge is 0.255 e. The summed E-state index contributed by atoms with van der Waals surface area (Å²) in [6.07, 6.45) is 4.41. The highest BCUT2D eigenvalue weighted by atomic mass is 16.5. The van der Waals surface area contributed by atoms with Gasteiger partial charge in [0.1, 0.15) is 11.6 Å². The average molecular weight is 386 g/mol. The van der Waals surface area contributed by atoms with Crippen LogP contribution in [-0.2, 0) is 6.42 Å². The normalized spacial score (nSPS) is 10.7. The maximum atomic E-state index is 12.7. The third-order valence-corrected chi connectivity index (χ3v) is 4.76. The number of carbonyl (C=O) groups excluding carboxylic acids is 1. The SMILES string of the molecule is COc1ccc(Nc2ncccc2C(=O)NCCc2c[nH]c3ccccc23)cc1. The number of para-hydroxylation sites is 1. The number of nitrogens with one attached hydrogen (secondary N) is 3. The van der Waals surface area contributed by atoms with Gasteiger partial charge in [-0.05, 0) is 54.4 Å². The standard InChI is InChI=1S/C23H22N4O2/c1-29-18-10-8-17(9-11-18)27-22-20(6-4-13-24-22)23(28)25-14-12-16-15-26-21-7-3-2-5-19(16)21/h2-11,13,15,26H,12,14H2,1H3,(H,24,27)(H,25,28). The summed E-state index contributed by atoms with van der Waals surface area (Å²) < 4.78 is 5.17. The number of carbonyl (C=O) groups is 1. The average Bonchev–Trinajstić information content (AvgIpc) is 3.18. The minimum Gasteiger partial charge on any atom is -0.497 e. The lowest BCUT2D eigenvalue weighted by molar-refractivity contribution is 0.0954. The zero-order valence-corrected chi connectivity index (χ0v) is 16.1. The van der Waals surface area contributed by atoms with Crippen LogP contribution in [0.15, 0.2) is 73.1 Å². The second-order valence-corrected chi connectivity index (χ2v) is 6.62. The lowest BCUT2D eigenvalue weighted by Crippen LogP contribution is -2.26. The van der Waals surface area contributed by atoms with Gasteiger partial charge in [0.15, 0.2) is 0 Å². The summed E-state index contributed by atoms with van der Waals surface area (Å²) in [5, 5.41) is 7.38. The van der Waals surface area contributed by atoms with E-state index in [0.717, 1.165) is 23.4 Å². The number of aromatic nitrogens is 2. The van der Waals surface area contributed by atoms with Gasteiger partial charge in [-0.15, -0.1) is 0 Å². The lowest BCUT2D eigenvalue weighted by Gasteiger charge is -2.11. The van der Waals surface area contributed by atoms with Crippen molar-refractivity contribution in [1.29, 1.82) is 0 Å². The van der Waals surface area contributed by atoms with E-state index in [2.05, 4.69) is 26.7 Å². The van der Waals surface area contributed by atoms with E-state index in [1.165, 1.54) is 10.9 Å². The molecule has 0 radical (unpaired) electrons.